The number of hydrogen-bond donors (Lipinski definition) is 1. The van der Waals surface area contributed by atoms with Gasteiger partial charge >= 0.3 is 0 Å². The van der Waals surface area contributed by atoms with Gasteiger partial charge in [0.15, 0.2) is 0 Å². The van der Waals surface area contributed by atoms with Gasteiger partial charge in [-0.2, -0.15) is 0 Å². The van der Waals surface area contributed by atoms with Crippen molar-refractivity contribution in [2.75, 3.05) is 13.7 Å². The summed E-state index contributed by atoms with van der Waals surface area (Å²) in [5, 5.41) is 10.3. The quantitative estimate of drug-likeness (QED) is 0.830. The minimum Gasteiger partial charge on any atom is -0.387 e. The molecule has 1 unspecified atom stereocenters. The molecule has 90 valence electrons. The molecule has 0 aliphatic carbocycles. The van der Waals surface area contributed by atoms with Gasteiger partial charge in [0.05, 0.1) is 12.2 Å². The summed E-state index contributed by atoms with van der Waals surface area (Å²) in [6.45, 7) is 6.57. The van der Waals surface area contributed by atoms with E-state index in [-0.39, 0.29) is 0 Å². The van der Waals surface area contributed by atoms with Crippen LogP contribution in [0.1, 0.15) is 30.0 Å². The maximum atomic E-state index is 10.3. The van der Waals surface area contributed by atoms with Crippen molar-refractivity contribution in [2.24, 2.45) is 0 Å². The summed E-state index contributed by atoms with van der Waals surface area (Å²) >= 11 is 0. The first-order valence-corrected chi connectivity index (χ1v) is 5.78. The first-order valence-electron chi connectivity index (χ1n) is 5.78. The summed E-state index contributed by atoms with van der Waals surface area (Å²) in [7, 11) is 1.63. The molecule has 1 N–H and O–H groups in total. The second-order valence-electron chi connectivity index (χ2n) is 4.61. The Balaban J connectivity index is 2.81. The Morgan fingerprint density at radius 3 is 2.44 bits per heavy atom. The van der Waals surface area contributed by atoms with Gasteiger partial charge in [0.25, 0.3) is 0 Å². The predicted molar refractivity (Wildman–Crippen MR) is 66.7 cm³/mol. The van der Waals surface area contributed by atoms with E-state index in [0.717, 1.165) is 0 Å². The van der Waals surface area contributed by atoms with Crippen LogP contribution in [0, 0.1) is 13.8 Å². The highest BCUT2D eigenvalue weighted by Gasteiger charge is 2.24. The summed E-state index contributed by atoms with van der Waals surface area (Å²) in [6, 6.07) is 6.33. The SMILES string of the molecule is CCC(O)(COC)Cc1ccc(C)c(C)c1. The third-order valence-electron chi connectivity index (χ3n) is 3.18. The summed E-state index contributed by atoms with van der Waals surface area (Å²) in [5.41, 5.74) is 2.99. The van der Waals surface area contributed by atoms with Crippen LogP contribution in [-0.4, -0.2) is 24.4 Å². The molecule has 0 bridgehead atoms. The maximum Gasteiger partial charge on any atom is 0.0917 e. The minimum atomic E-state index is -0.740. The largest absolute Gasteiger partial charge is 0.387 e. The monoisotopic (exact) mass is 222 g/mol. The van der Waals surface area contributed by atoms with E-state index in [1.54, 1.807) is 7.11 Å². The lowest BCUT2D eigenvalue weighted by atomic mass is 9.91. The molecule has 0 fully saturated rings. The van der Waals surface area contributed by atoms with E-state index in [1.165, 1.54) is 16.7 Å². The molecule has 0 saturated carbocycles. The molecule has 0 radical (unpaired) electrons. The van der Waals surface area contributed by atoms with Crippen LogP contribution in [0.3, 0.4) is 0 Å². The summed E-state index contributed by atoms with van der Waals surface area (Å²) in [4.78, 5) is 0. The Morgan fingerprint density at radius 1 is 1.25 bits per heavy atom. The molecule has 2 nitrogen and oxygen atoms in total. The fraction of sp³-hybridized carbons (Fsp3) is 0.571. The van der Waals surface area contributed by atoms with Crippen molar-refractivity contribution in [3.05, 3.63) is 34.9 Å². The van der Waals surface area contributed by atoms with Crippen molar-refractivity contribution < 1.29 is 9.84 Å². The maximum absolute atomic E-state index is 10.3. The molecule has 1 aromatic carbocycles. The fourth-order valence-electron chi connectivity index (χ4n) is 1.84. The third-order valence-corrected chi connectivity index (χ3v) is 3.18. The topological polar surface area (TPSA) is 29.5 Å². The molecule has 0 amide bonds. The van der Waals surface area contributed by atoms with Gasteiger partial charge in [-0.25, -0.2) is 0 Å². The van der Waals surface area contributed by atoms with Gasteiger partial charge < -0.3 is 9.84 Å². The van der Waals surface area contributed by atoms with Crippen LogP contribution in [0.2, 0.25) is 0 Å². The molecule has 1 rings (SSSR count). The van der Waals surface area contributed by atoms with E-state index < -0.39 is 5.60 Å². The van der Waals surface area contributed by atoms with Crippen LogP contribution in [-0.2, 0) is 11.2 Å². The molecule has 0 aliphatic heterocycles. The Bertz CT molecular complexity index is 347. The van der Waals surface area contributed by atoms with Crippen molar-refractivity contribution in [1.82, 2.24) is 0 Å². The third kappa shape index (κ3) is 3.32. The average molecular weight is 222 g/mol. The molecular weight excluding hydrogens is 200 g/mol. The van der Waals surface area contributed by atoms with E-state index in [4.69, 9.17) is 4.74 Å². The Hall–Kier alpha value is -0.860. The summed E-state index contributed by atoms with van der Waals surface area (Å²) < 4.78 is 5.07. The van der Waals surface area contributed by atoms with Gasteiger partial charge in [-0.1, -0.05) is 25.1 Å². The zero-order valence-electron chi connectivity index (χ0n) is 10.7. The zero-order chi connectivity index (χ0) is 12.2. The summed E-state index contributed by atoms with van der Waals surface area (Å²) in [6.07, 6.45) is 1.35. The molecule has 0 heterocycles. The normalized spacial score (nSPS) is 14.8. The Labute approximate surface area is 98.3 Å². The lowest BCUT2D eigenvalue weighted by molar-refractivity contribution is -0.0333. The standard InChI is InChI=1S/C14H22O2/c1-5-14(15,10-16-4)9-13-7-6-11(2)12(3)8-13/h6-8,15H,5,9-10H2,1-4H3. The molecule has 0 aromatic heterocycles. The molecule has 2 heteroatoms. The molecule has 0 saturated heterocycles. The number of benzene rings is 1. The van der Waals surface area contributed by atoms with Crippen molar-refractivity contribution in [1.29, 1.82) is 0 Å². The van der Waals surface area contributed by atoms with E-state index >= 15 is 0 Å². The number of methoxy groups -OCH3 is 1. The predicted octanol–water partition coefficient (Wildman–Crippen LogP) is 2.63. The van der Waals surface area contributed by atoms with Gasteiger partial charge in [-0.15, -0.1) is 0 Å². The van der Waals surface area contributed by atoms with Crippen molar-refractivity contribution in [3.63, 3.8) is 0 Å². The zero-order valence-corrected chi connectivity index (χ0v) is 10.7. The average Bonchev–Trinajstić information content (AvgIpc) is 2.24. The highest BCUT2D eigenvalue weighted by molar-refractivity contribution is 5.30. The first-order chi connectivity index (χ1) is 7.50. The number of aryl methyl sites for hydroxylation is 2. The number of aliphatic hydroxyl groups is 1. The van der Waals surface area contributed by atoms with Gasteiger partial charge in [-0.3, -0.25) is 0 Å². The molecule has 0 aliphatic rings. The highest BCUT2D eigenvalue weighted by Crippen LogP contribution is 2.19. The molecule has 0 spiro atoms. The second-order valence-corrected chi connectivity index (χ2v) is 4.61. The van der Waals surface area contributed by atoms with Gasteiger partial charge in [0.1, 0.15) is 0 Å². The minimum absolute atomic E-state index is 0.385. The van der Waals surface area contributed by atoms with Crippen LogP contribution in [0.15, 0.2) is 18.2 Å². The number of hydrogen-bond acceptors (Lipinski definition) is 2. The van der Waals surface area contributed by atoms with Crippen LogP contribution >= 0.6 is 0 Å². The lowest BCUT2D eigenvalue weighted by Gasteiger charge is -2.26. The highest BCUT2D eigenvalue weighted by atomic mass is 16.5. The lowest BCUT2D eigenvalue weighted by Crippen LogP contribution is -2.35. The molecule has 16 heavy (non-hydrogen) atoms. The van der Waals surface area contributed by atoms with Crippen LogP contribution in [0.4, 0.5) is 0 Å². The number of ether oxygens (including phenoxy) is 1. The molecule has 1 atom stereocenters. The van der Waals surface area contributed by atoms with Gasteiger partial charge in [-0.05, 0) is 37.0 Å². The van der Waals surface area contributed by atoms with Crippen LogP contribution in [0.5, 0.6) is 0 Å². The van der Waals surface area contributed by atoms with Crippen molar-refractivity contribution in [3.8, 4) is 0 Å². The number of rotatable bonds is 5. The van der Waals surface area contributed by atoms with Crippen molar-refractivity contribution >= 4 is 0 Å². The van der Waals surface area contributed by atoms with Crippen LogP contribution in [0.25, 0.3) is 0 Å². The molecule has 1 aromatic rings. The Kier molecular flexibility index (Phi) is 4.51. The van der Waals surface area contributed by atoms with Gasteiger partial charge in [0, 0.05) is 13.5 Å². The van der Waals surface area contributed by atoms with E-state index in [1.807, 2.05) is 6.92 Å². The fourth-order valence-corrected chi connectivity index (χ4v) is 1.84. The van der Waals surface area contributed by atoms with E-state index in [0.29, 0.717) is 19.4 Å². The smallest absolute Gasteiger partial charge is 0.0917 e. The van der Waals surface area contributed by atoms with E-state index in [9.17, 15) is 5.11 Å². The van der Waals surface area contributed by atoms with Crippen molar-refractivity contribution in [2.45, 2.75) is 39.2 Å². The van der Waals surface area contributed by atoms with E-state index in [2.05, 4.69) is 32.0 Å². The Morgan fingerprint density at radius 2 is 1.94 bits per heavy atom. The molecular formula is C14H22O2. The summed E-state index contributed by atoms with van der Waals surface area (Å²) in [5.74, 6) is 0. The first kappa shape index (κ1) is 13.2. The van der Waals surface area contributed by atoms with Crippen LogP contribution < -0.4 is 0 Å². The second kappa shape index (κ2) is 5.46. The van der Waals surface area contributed by atoms with Gasteiger partial charge in [0.2, 0.25) is 0 Å².